The van der Waals surface area contributed by atoms with Gasteiger partial charge >= 0.3 is 0 Å². The Kier molecular flexibility index (Phi) is 3.57. The van der Waals surface area contributed by atoms with Crippen LogP contribution in [0.3, 0.4) is 0 Å². The van der Waals surface area contributed by atoms with E-state index >= 15 is 0 Å². The molecule has 0 radical (unpaired) electrons. The summed E-state index contributed by atoms with van der Waals surface area (Å²) in [7, 11) is 0. The van der Waals surface area contributed by atoms with Crippen LogP contribution in [-0.4, -0.2) is 35.0 Å². The zero-order valence-corrected chi connectivity index (χ0v) is 10.9. The number of aromatic hydroxyl groups is 1. The van der Waals surface area contributed by atoms with Gasteiger partial charge in [-0.25, -0.2) is 0 Å². The second-order valence-electron chi connectivity index (χ2n) is 5.09. The predicted molar refractivity (Wildman–Crippen MR) is 70.5 cm³/mol. The highest BCUT2D eigenvalue weighted by Crippen LogP contribution is 2.28. The molecule has 2 unspecified atom stereocenters. The van der Waals surface area contributed by atoms with Gasteiger partial charge in [-0.3, -0.25) is 4.79 Å². The predicted octanol–water partition coefficient (Wildman–Crippen LogP) is 1.51. The van der Waals surface area contributed by atoms with E-state index in [0.717, 1.165) is 18.5 Å². The number of aryl methyl sites for hydroxylation is 1. The maximum atomic E-state index is 12.4. The minimum Gasteiger partial charge on any atom is -0.507 e. The summed E-state index contributed by atoms with van der Waals surface area (Å²) in [5, 5.41) is 9.81. The lowest BCUT2D eigenvalue weighted by Crippen LogP contribution is -2.42. The lowest BCUT2D eigenvalue weighted by atomic mass is 10.0. The van der Waals surface area contributed by atoms with Gasteiger partial charge in [-0.15, -0.1) is 0 Å². The standard InChI is InChI=1S/C14H20N2O2/c1-9-3-4-13(17)11(7-9)14(18)16-6-5-10(2)12(16)8-15/h3-4,7,10,12,17H,5-6,8,15H2,1-2H3. The fourth-order valence-electron chi connectivity index (χ4n) is 2.60. The first-order chi connectivity index (χ1) is 8.54. The molecule has 0 aromatic heterocycles. The molecule has 1 aromatic carbocycles. The number of hydrogen-bond donors (Lipinski definition) is 2. The maximum Gasteiger partial charge on any atom is 0.257 e. The molecular formula is C14H20N2O2. The summed E-state index contributed by atoms with van der Waals surface area (Å²) in [6, 6.07) is 5.17. The second kappa shape index (κ2) is 4.98. The van der Waals surface area contributed by atoms with Gasteiger partial charge in [0.05, 0.1) is 5.56 Å². The number of likely N-dealkylation sites (tertiary alicyclic amines) is 1. The number of phenols is 1. The van der Waals surface area contributed by atoms with Crippen molar-refractivity contribution < 1.29 is 9.90 Å². The summed E-state index contributed by atoms with van der Waals surface area (Å²) >= 11 is 0. The lowest BCUT2D eigenvalue weighted by Gasteiger charge is -2.26. The minimum absolute atomic E-state index is 0.0425. The highest BCUT2D eigenvalue weighted by molar-refractivity contribution is 5.97. The normalized spacial score (nSPS) is 23.4. The van der Waals surface area contributed by atoms with E-state index in [1.54, 1.807) is 23.1 Å². The van der Waals surface area contributed by atoms with Crippen LogP contribution >= 0.6 is 0 Å². The van der Waals surface area contributed by atoms with Crippen molar-refractivity contribution in [1.82, 2.24) is 4.90 Å². The Morgan fingerprint density at radius 2 is 2.28 bits per heavy atom. The molecule has 1 fully saturated rings. The van der Waals surface area contributed by atoms with Crippen molar-refractivity contribution >= 4 is 5.91 Å². The summed E-state index contributed by atoms with van der Waals surface area (Å²) in [6.07, 6.45) is 0.972. The van der Waals surface area contributed by atoms with Gasteiger partial charge in [0, 0.05) is 19.1 Å². The van der Waals surface area contributed by atoms with Gasteiger partial charge in [0.25, 0.3) is 5.91 Å². The average Bonchev–Trinajstić information content (AvgIpc) is 2.72. The Morgan fingerprint density at radius 3 is 2.94 bits per heavy atom. The Morgan fingerprint density at radius 1 is 1.56 bits per heavy atom. The van der Waals surface area contributed by atoms with Crippen molar-refractivity contribution in [2.45, 2.75) is 26.3 Å². The van der Waals surface area contributed by atoms with Gasteiger partial charge < -0.3 is 15.7 Å². The van der Waals surface area contributed by atoms with Gasteiger partial charge in [0.2, 0.25) is 0 Å². The fourth-order valence-corrected chi connectivity index (χ4v) is 2.60. The van der Waals surface area contributed by atoms with Crippen molar-refractivity contribution in [2.75, 3.05) is 13.1 Å². The average molecular weight is 248 g/mol. The molecule has 2 rings (SSSR count). The third-order valence-electron chi connectivity index (χ3n) is 3.77. The smallest absolute Gasteiger partial charge is 0.257 e. The monoisotopic (exact) mass is 248 g/mol. The zero-order valence-electron chi connectivity index (χ0n) is 10.9. The van der Waals surface area contributed by atoms with Gasteiger partial charge in [-0.1, -0.05) is 18.6 Å². The van der Waals surface area contributed by atoms with Crippen LogP contribution in [0.5, 0.6) is 5.75 Å². The number of phenolic OH excluding ortho intramolecular Hbond substituents is 1. The number of carbonyl (C=O) groups excluding carboxylic acids is 1. The number of nitrogens with zero attached hydrogens (tertiary/aromatic N) is 1. The molecule has 1 aromatic rings. The quantitative estimate of drug-likeness (QED) is 0.833. The van der Waals surface area contributed by atoms with Crippen molar-refractivity contribution in [3.05, 3.63) is 29.3 Å². The van der Waals surface area contributed by atoms with Gasteiger partial charge in [0.1, 0.15) is 5.75 Å². The molecule has 1 saturated heterocycles. The molecule has 18 heavy (non-hydrogen) atoms. The number of rotatable bonds is 2. The SMILES string of the molecule is Cc1ccc(O)c(C(=O)N2CCC(C)C2CN)c1. The van der Waals surface area contributed by atoms with Gasteiger partial charge in [-0.05, 0) is 31.4 Å². The number of hydrogen-bond acceptors (Lipinski definition) is 3. The van der Waals surface area contributed by atoms with E-state index in [9.17, 15) is 9.90 Å². The Hall–Kier alpha value is -1.55. The molecule has 0 saturated carbocycles. The van der Waals surface area contributed by atoms with Gasteiger partial charge in [-0.2, -0.15) is 0 Å². The number of benzene rings is 1. The van der Waals surface area contributed by atoms with Crippen LogP contribution in [0.25, 0.3) is 0 Å². The van der Waals surface area contributed by atoms with E-state index in [-0.39, 0.29) is 17.7 Å². The zero-order chi connectivity index (χ0) is 13.3. The Labute approximate surface area is 107 Å². The highest BCUT2D eigenvalue weighted by atomic mass is 16.3. The molecule has 0 bridgehead atoms. The third-order valence-corrected chi connectivity index (χ3v) is 3.77. The summed E-state index contributed by atoms with van der Waals surface area (Å²) in [6.45, 7) is 5.21. The summed E-state index contributed by atoms with van der Waals surface area (Å²) in [4.78, 5) is 14.2. The molecule has 1 amide bonds. The van der Waals surface area contributed by atoms with Crippen LogP contribution in [0.4, 0.5) is 0 Å². The first kappa shape index (κ1) is 12.9. The Balaban J connectivity index is 2.28. The molecule has 3 N–H and O–H groups in total. The molecule has 4 heteroatoms. The van der Waals surface area contributed by atoms with Crippen LogP contribution in [0, 0.1) is 12.8 Å². The van der Waals surface area contributed by atoms with Crippen molar-refractivity contribution in [1.29, 1.82) is 0 Å². The molecular weight excluding hydrogens is 228 g/mol. The summed E-state index contributed by atoms with van der Waals surface area (Å²) < 4.78 is 0. The summed E-state index contributed by atoms with van der Waals surface area (Å²) in [5.74, 6) is 0.350. The van der Waals surface area contributed by atoms with Crippen molar-refractivity contribution in [3.63, 3.8) is 0 Å². The minimum atomic E-state index is -0.115. The molecule has 98 valence electrons. The van der Waals surface area contributed by atoms with E-state index in [4.69, 9.17) is 5.73 Å². The van der Waals surface area contributed by atoms with E-state index in [0.29, 0.717) is 18.0 Å². The van der Waals surface area contributed by atoms with Gasteiger partial charge in [0.15, 0.2) is 0 Å². The lowest BCUT2D eigenvalue weighted by molar-refractivity contribution is 0.0724. The van der Waals surface area contributed by atoms with Crippen molar-refractivity contribution in [3.8, 4) is 5.75 Å². The second-order valence-corrected chi connectivity index (χ2v) is 5.09. The summed E-state index contributed by atoms with van der Waals surface area (Å²) in [5.41, 5.74) is 7.08. The molecule has 4 nitrogen and oxygen atoms in total. The van der Waals surface area contributed by atoms with E-state index in [1.165, 1.54) is 0 Å². The number of carbonyl (C=O) groups is 1. The highest BCUT2D eigenvalue weighted by Gasteiger charge is 2.34. The van der Waals surface area contributed by atoms with Crippen LogP contribution in [-0.2, 0) is 0 Å². The molecule has 1 heterocycles. The maximum absolute atomic E-state index is 12.4. The van der Waals surface area contributed by atoms with Crippen LogP contribution in [0.2, 0.25) is 0 Å². The molecule has 0 spiro atoms. The topological polar surface area (TPSA) is 66.6 Å². The first-order valence-corrected chi connectivity index (χ1v) is 6.35. The van der Waals surface area contributed by atoms with Crippen LogP contribution in [0.15, 0.2) is 18.2 Å². The van der Waals surface area contributed by atoms with E-state index in [1.807, 2.05) is 6.92 Å². The molecule has 2 atom stereocenters. The van der Waals surface area contributed by atoms with E-state index < -0.39 is 0 Å². The van der Waals surface area contributed by atoms with E-state index in [2.05, 4.69) is 6.92 Å². The fraction of sp³-hybridized carbons (Fsp3) is 0.500. The van der Waals surface area contributed by atoms with Crippen LogP contribution in [0.1, 0.15) is 29.3 Å². The third kappa shape index (κ3) is 2.20. The largest absolute Gasteiger partial charge is 0.507 e. The molecule has 1 aliphatic rings. The molecule has 0 aliphatic carbocycles. The molecule has 1 aliphatic heterocycles. The number of amides is 1. The number of nitrogens with two attached hydrogens (primary N) is 1. The first-order valence-electron chi connectivity index (χ1n) is 6.35. The van der Waals surface area contributed by atoms with Crippen LogP contribution < -0.4 is 5.73 Å². The van der Waals surface area contributed by atoms with Crippen molar-refractivity contribution in [2.24, 2.45) is 11.7 Å². The Bertz CT molecular complexity index is 459.